The number of ether oxygens (including phenoxy) is 1. The lowest BCUT2D eigenvalue weighted by Crippen LogP contribution is -2.15. The van der Waals surface area contributed by atoms with Gasteiger partial charge in [-0.3, -0.25) is 0 Å². The molecule has 0 bridgehead atoms. The third-order valence-electron chi connectivity index (χ3n) is 3.57. The highest BCUT2D eigenvalue weighted by Crippen LogP contribution is 2.28. The van der Waals surface area contributed by atoms with Crippen molar-refractivity contribution in [3.8, 4) is 5.88 Å². The van der Waals surface area contributed by atoms with Gasteiger partial charge in [0.15, 0.2) is 0 Å². The van der Waals surface area contributed by atoms with E-state index >= 15 is 0 Å². The molecule has 1 heterocycles. The van der Waals surface area contributed by atoms with Crippen LogP contribution in [0.1, 0.15) is 65.1 Å². The van der Waals surface area contributed by atoms with E-state index in [1.165, 1.54) is 19.3 Å². The van der Waals surface area contributed by atoms with Gasteiger partial charge in [-0.2, -0.15) is 5.10 Å². The summed E-state index contributed by atoms with van der Waals surface area (Å²) in [5.41, 5.74) is 7.59. The zero-order valence-corrected chi connectivity index (χ0v) is 13.1. The molecule has 4 nitrogen and oxygen atoms in total. The van der Waals surface area contributed by atoms with Crippen LogP contribution in [0.15, 0.2) is 0 Å². The molecule has 0 saturated heterocycles. The number of anilines is 1. The second-order valence-corrected chi connectivity index (χ2v) is 5.57. The van der Waals surface area contributed by atoms with E-state index in [1.807, 2.05) is 11.6 Å². The van der Waals surface area contributed by atoms with Gasteiger partial charge in [-0.15, -0.1) is 0 Å². The van der Waals surface area contributed by atoms with Crippen LogP contribution >= 0.6 is 0 Å². The van der Waals surface area contributed by atoms with Crippen LogP contribution in [-0.2, 0) is 0 Å². The standard InChI is InChI=1S/C15H29N3O/c1-6-8-9-13(7-2)10-19-15-14(16)12(5)17-18(15)11(3)4/h11,13H,6-10,16H2,1-5H3. The Bertz CT molecular complexity index is 385. The van der Waals surface area contributed by atoms with Crippen LogP contribution in [0.3, 0.4) is 0 Å². The van der Waals surface area contributed by atoms with Crippen molar-refractivity contribution < 1.29 is 4.74 Å². The quantitative estimate of drug-likeness (QED) is 0.776. The lowest BCUT2D eigenvalue weighted by Gasteiger charge is -2.17. The predicted molar refractivity (Wildman–Crippen MR) is 80.6 cm³/mol. The average molecular weight is 267 g/mol. The molecule has 0 saturated carbocycles. The summed E-state index contributed by atoms with van der Waals surface area (Å²) in [6.45, 7) is 11.3. The third-order valence-corrected chi connectivity index (χ3v) is 3.57. The fourth-order valence-corrected chi connectivity index (χ4v) is 2.13. The van der Waals surface area contributed by atoms with Crippen LogP contribution < -0.4 is 10.5 Å². The maximum Gasteiger partial charge on any atom is 0.236 e. The summed E-state index contributed by atoms with van der Waals surface area (Å²) in [6, 6.07) is 0.265. The summed E-state index contributed by atoms with van der Waals surface area (Å²) in [5, 5.41) is 4.44. The molecule has 0 aromatic carbocycles. The molecular weight excluding hydrogens is 238 g/mol. The first-order valence-electron chi connectivity index (χ1n) is 7.48. The summed E-state index contributed by atoms with van der Waals surface area (Å²) in [7, 11) is 0. The van der Waals surface area contributed by atoms with E-state index < -0.39 is 0 Å². The number of aromatic nitrogens is 2. The molecule has 0 spiro atoms. The summed E-state index contributed by atoms with van der Waals surface area (Å²) >= 11 is 0. The zero-order valence-electron chi connectivity index (χ0n) is 13.1. The monoisotopic (exact) mass is 267 g/mol. The Morgan fingerprint density at radius 2 is 2.00 bits per heavy atom. The maximum atomic E-state index is 6.06. The smallest absolute Gasteiger partial charge is 0.236 e. The molecule has 4 heteroatoms. The molecule has 0 amide bonds. The predicted octanol–water partition coefficient (Wildman–Crippen LogP) is 3.95. The minimum atomic E-state index is 0.265. The molecule has 110 valence electrons. The first kappa shape index (κ1) is 15.9. The van der Waals surface area contributed by atoms with Crippen molar-refractivity contribution in [1.82, 2.24) is 9.78 Å². The molecule has 19 heavy (non-hydrogen) atoms. The van der Waals surface area contributed by atoms with Crippen molar-refractivity contribution in [2.45, 2.75) is 66.3 Å². The van der Waals surface area contributed by atoms with Crippen LogP contribution in [0, 0.1) is 12.8 Å². The van der Waals surface area contributed by atoms with Gasteiger partial charge in [-0.1, -0.05) is 33.1 Å². The average Bonchev–Trinajstić information content (AvgIpc) is 2.67. The second-order valence-electron chi connectivity index (χ2n) is 5.57. The molecule has 1 atom stereocenters. The highest BCUT2D eigenvalue weighted by Gasteiger charge is 2.17. The lowest BCUT2D eigenvalue weighted by atomic mass is 10.0. The number of unbranched alkanes of at least 4 members (excludes halogenated alkanes) is 1. The Labute approximate surface area is 117 Å². The maximum absolute atomic E-state index is 6.06. The van der Waals surface area contributed by atoms with Gasteiger partial charge < -0.3 is 10.5 Å². The summed E-state index contributed by atoms with van der Waals surface area (Å²) < 4.78 is 7.86. The molecular formula is C15H29N3O. The molecule has 1 unspecified atom stereocenters. The zero-order chi connectivity index (χ0) is 14.4. The number of hydrogen-bond acceptors (Lipinski definition) is 3. The lowest BCUT2D eigenvalue weighted by molar-refractivity contribution is 0.211. The van der Waals surface area contributed by atoms with Crippen molar-refractivity contribution in [3.05, 3.63) is 5.69 Å². The fourth-order valence-electron chi connectivity index (χ4n) is 2.13. The SMILES string of the molecule is CCCCC(CC)COc1c(N)c(C)nn1C(C)C. The fraction of sp³-hybridized carbons (Fsp3) is 0.800. The molecule has 0 aliphatic heterocycles. The normalized spacial score (nSPS) is 12.9. The minimum absolute atomic E-state index is 0.265. The van der Waals surface area contributed by atoms with Crippen LogP contribution in [0.5, 0.6) is 5.88 Å². The van der Waals surface area contributed by atoms with Crippen LogP contribution in [0.2, 0.25) is 0 Å². The Morgan fingerprint density at radius 3 is 2.53 bits per heavy atom. The number of nitrogen functional groups attached to an aromatic ring is 1. The van der Waals surface area contributed by atoms with E-state index in [0.717, 1.165) is 24.6 Å². The van der Waals surface area contributed by atoms with Crippen LogP contribution in [0.25, 0.3) is 0 Å². The van der Waals surface area contributed by atoms with Crippen molar-refractivity contribution in [3.63, 3.8) is 0 Å². The first-order chi connectivity index (χ1) is 9.01. The minimum Gasteiger partial charge on any atom is -0.476 e. The Kier molecular flexibility index (Phi) is 6.19. The Hall–Kier alpha value is -1.19. The van der Waals surface area contributed by atoms with Gasteiger partial charge in [0.05, 0.1) is 18.3 Å². The largest absolute Gasteiger partial charge is 0.476 e. The van der Waals surface area contributed by atoms with Crippen molar-refractivity contribution in [2.24, 2.45) is 5.92 Å². The molecule has 1 rings (SSSR count). The molecule has 1 aromatic rings. The molecule has 0 radical (unpaired) electrons. The molecule has 2 N–H and O–H groups in total. The summed E-state index contributed by atoms with van der Waals surface area (Å²) in [6.07, 6.45) is 4.87. The molecule has 0 fully saturated rings. The highest BCUT2D eigenvalue weighted by atomic mass is 16.5. The van der Waals surface area contributed by atoms with Crippen LogP contribution in [-0.4, -0.2) is 16.4 Å². The highest BCUT2D eigenvalue weighted by molar-refractivity contribution is 5.52. The van der Waals surface area contributed by atoms with E-state index in [0.29, 0.717) is 11.6 Å². The van der Waals surface area contributed by atoms with Crippen LogP contribution in [0.4, 0.5) is 5.69 Å². The van der Waals surface area contributed by atoms with Gasteiger partial charge in [0.1, 0.15) is 5.69 Å². The Balaban J connectivity index is 2.70. The topological polar surface area (TPSA) is 53.1 Å². The van der Waals surface area contributed by atoms with Crippen molar-refractivity contribution >= 4 is 5.69 Å². The van der Waals surface area contributed by atoms with Gasteiger partial charge in [0.2, 0.25) is 5.88 Å². The third kappa shape index (κ3) is 4.15. The Morgan fingerprint density at radius 1 is 1.32 bits per heavy atom. The van der Waals surface area contributed by atoms with E-state index in [-0.39, 0.29) is 6.04 Å². The number of aryl methyl sites for hydroxylation is 1. The number of nitrogens with zero attached hydrogens (tertiary/aromatic N) is 2. The van der Waals surface area contributed by atoms with Crippen molar-refractivity contribution in [1.29, 1.82) is 0 Å². The molecule has 1 aromatic heterocycles. The number of rotatable bonds is 8. The second kappa shape index (κ2) is 7.41. The molecule has 0 aliphatic carbocycles. The summed E-state index contributed by atoms with van der Waals surface area (Å²) in [4.78, 5) is 0. The van der Waals surface area contributed by atoms with Crippen molar-refractivity contribution in [2.75, 3.05) is 12.3 Å². The molecule has 0 aliphatic rings. The van der Waals surface area contributed by atoms with E-state index in [1.54, 1.807) is 0 Å². The van der Waals surface area contributed by atoms with E-state index in [9.17, 15) is 0 Å². The van der Waals surface area contributed by atoms with Gasteiger partial charge in [-0.25, -0.2) is 4.68 Å². The summed E-state index contributed by atoms with van der Waals surface area (Å²) in [5.74, 6) is 1.35. The first-order valence-corrected chi connectivity index (χ1v) is 7.48. The number of hydrogen-bond donors (Lipinski definition) is 1. The van der Waals surface area contributed by atoms with Gasteiger partial charge in [0, 0.05) is 0 Å². The van der Waals surface area contributed by atoms with Gasteiger partial charge in [-0.05, 0) is 33.1 Å². The van der Waals surface area contributed by atoms with E-state index in [4.69, 9.17) is 10.5 Å². The number of nitrogens with two attached hydrogens (primary N) is 1. The van der Waals surface area contributed by atoms with Gasteiger partial charge in [0.25, 0.3) is 0 Å². The van der Waals surface area contributed by atoms with Gasteiger partial charge >= 0.3 is 0 Å². The van der Waals surface area contributed by atoms with E-state index in [2.05, 4.69) is 32.8 Å².